The van der Waals surface area contributed by atoms with Crippen molar-refractivity contribution in [1.29, 1.82) is 0 Å². The van der Waals surface area contributed by atoms with Crippen molar-refractivity contribution < 1.29 is 5.11 Å². The monoisotopic (exact) mass is 226 g/mol. The van der Waals surface area contributed by atoms with Crippen LogP contribution in [0.15, 0.2) is 5.38 Å². The van der Waals surface area contributed by atoms with Crippen molar-refractivity contribution in [3.63, 3.8) is 0 Å². The molecule has 84 valence electrons. The standard InChI is InChI=1S/C11H18N2OS/c1-2-9-7-15-11(12-9)13-10-5-3-4-8(10)6-14/h7-8,10,14H,2-6H2,1H3,(H,12,13). The van der Waals surface area contributed by atoms with Crippen LogP contribution in [0.5, 0.6) is 0 Å². The van der Waals surface area contributed by atoms with E-state index >= 15 is 0 Å². The van der Waals surface area contributed by atoms with Gasteiger partial charge in [0.05, 0.1) is 5.69 Å². The Hall–Kier alpha value is -0.610. The third-order valence-corrected chi connectivity index (χ3v) is 3.94. The molecule has 1 aliphatic rings. The van der Waals surface area contributed by atoms with Crippen molar-refractivity contribution >= 4 is 16.5 Å². The van der Waals surface area contributed by atoms with Crippen molar-refractivity contribution in [2.24, 2.45) is 5.92 Å². The summed E-state index contributed by atoms with van der Waals surface area (Å²) in [5, 5.41) is 15.8. The number of anilines is 1. The van der Waals surface area contributed by atoms with Gasteiger partial charge in [-0.1, -0.05) is 13.3 Å². The number of hydrogen-bond acceptors (Lipinski definition) is 4. The number of aryl methyl sites for hydroxylation is 1. The van der Waals surface area contributed by atoms with Gasteiger partial charge in [0.1, 0.15) is 0 Å². The highest BCUT2D eigenvalue weighted by atomic mass is 32.1. The molecule has 0 aliphatic heterocycles. The fourth-order valence-corrected chi connectivity index (χ4v) is 3.00. The zero-order valence-electron chi connectivity index (χ0n) is 9.07. The van der Waals surface area contributed by atoms with Gasteiger partial charge in [-0.3, -0.25) is 0 Å². The molecule has 0 spiro atoms. The predicted molar refractivity (Wildman–Crippen MR) is 63.3 cm³/mol. The summed E-state index contributed by atoms with van der Waals surface area (Å²) in [6, 6.07) is 0.422. The molecule has 0 radical (unpaired) electrons. The minimum absolute atomic E-state index is 0.295. The van der Waals surface area contributed by atoms with E-state index in [1.54, 1.807) is 11.3 Å². The number of nitrogens with zero attached hydrogens (tertiary/aromatic N) is 1. The summed E-state index contributed by atoms with van der Waals surface area (Å²) in [4.78, 5) is 4.49. The van der Waals surface area contributed by atoms with E-state index in [2.05, 4.69) is 22.6 Å². The maximum atomic E-state index is 9.21. The molecule has 15 heavy (non-hydrogen) atoms. The summed E-state index contributed by atoms with van der Waals surface area (Å²) in [5.74, 6) is 0.416. The molecule has 0 saturated heterocycles. The van der Waals surface area contributed by atoms with Crippen LogP contribution in [0.3, 0.4) is 0 Å². The van der Waals surface area contributed by atoms with Crippen LogP contribution < -0.4 is 5.32 Å². The van der Waals surface area contributed by atoms with Gasteiger partial charge in [0.15, 0.2) is 5.13 Å². The number of thiazole rings is 1. The van der Waals surface area contributed by atoms with E-state index in [4.69, 9.17) is 0 Å². The Balaban J connectivity index is 1.95. The third-order valence-electron chi connectivity index (χ3n) is 3.12. The second kappa shape index (κ2) is 4.94. The molecule has 3 nitrogen and oxygen atoms in total. The van der Waals surface area contributed by atoms with E-state index in [-0.39, 0.29) is 0 Å². The van der Waals surface area contributed by atoms with Crippen molar-refractivity contribution in [3.05, 3.63) is 11.1 Å². The summed E-state index contributed by atoms with van der Waals surface area (Å²) in [7, 11) is 0. The van der Waals surface area contributed by atoms with Crippen LogP contribution in [0, 0.1) is 5.92 Å². The van der Waals surface area contributed by atoms with E-state index < -0.39 is 0 Å². The Bertz CT molecular complexity index is 313. The molecule has 0 aromatic carbocycles. The van der Waals surface area contributed by atoms with Gasteiger partial charge < -0.3 is 10.4 Å². The molecular formula is C11H18N2OS. The van der Waals surface area contributed by atoms with Gasteiger partial charge in [0.25, 0.3) is 0 Å². The van der Waals surface area contributed by atoms with Gasteiger partial charge in [-0.05, 0) is 19.3 Å². The molecule has 1 fully saturated rings. The third kappa shape index (κ3) is 2.49. The normalized spacial score (nSPS) is 25.7. The van der Waals surface area contributed by atoms with Crippen LogP contribution in [-0.2, 0) is 6.42 Å². The minimum atomic E-state index is 0.295. The van der Waals surface area contributed by atoms with E-state index in [0.717, 1.165) is 30.1 Å². The summed E-state index contributed by atoms with van der Waals surface area (Å²) >= 11 is 1.67. The quantitative estimate of drug-likeness (QED) is 0.828. The second-order valence-corrected chi connectivity index (χ2v) is 4.98. The molecule has 0 bridgehead atoms. The van der Waals surface area contributed by atoms with E-state index in [9.17, 15) is 5.11 Å². The smallest absolute Gasteiger partial charge is 0.183 e. The number of nitrogens with one attached hydrogen (secondary N) is 1. The lowest BCUT2D eigenvalue weighted by Crippen LogP contribution is -2.26. The topological polar surface area (TPSA) is 45.1 Å². The Kier molecular flexibility index (Phi) is 3.59. The molecule has 4 heteroatoms. The SMILES string of the molecule is CCc1csc(NC2CCCC2CO)n1. The van der Waals surface area contributed by atoms with Gasteiger partial charge in [-0.15, -0.1) is 11.3 Å². The highest BCUT2D eigenvalue weighted by molar-refractivity contribution is 7.13. The predicted octanol–water partition coefficient (Wildman–Crippen LogP) is 2.28. The number of aliphatic hydroxyl groups excluding tert-OH is 1. The number of hydrogen-bond donors (Lipinski definition) is 2. The molecule has 2 rings (SSSR count). The Labute approximate surface area is 94.5 Å². The molecular weight excluding hydrogens is 208 g/mol. The van der Waals surface area contributed by atoms with E-state index in [0.29, 0.717) is 18.6 Å². The lowest BCUT2D eigenvalue weighted by atomic mass is 10.1. The molecule has 1 saturated carbocycles. The Morgan fingerprint density at radius 3 is 3.13 bits per heavy atom. The average Bonchev–Trinajstić information content (AvgIpc) is 2.87. The van der Waals surface area contributed by atoms with Gasteiger partial charge >= 0.3 is 0 Å². The van der Waals surface area contributed by atoms with Crippen LogP contribution in [0.4, 0.5) is 5.13 Å². The van der Waals surface area contributed by atoms with Gasteiger partial charge in [0.2, 0.25) is 0 Å². The van der Waals surface area contributed by atoms with Crippen LogP contribution in [0.1, 0.15) is 31.9 Å². The summed E-state index contributed by atoms with van der Waals surface area (Å²) in [6.07, 6.45) is 4.51. The molecule has 2 N–H and O–H groups in total. The van der Waals surface area contributed by atoms with E-state index in [1.165, 1.54) is 6.42 Å². The lowest BCUT2D eigenvalue weighted by Gasteiger charge is -2.18. The second-order valence-electron chi connectivity index (χ2n) is 4.12. The van der Waals surface area contributed by atoms with Crippen molar-refractivity contribution in [1.82, 2.24) is 4.98 Å². The summed E-state index contributed by atoms with van der Waals surface area (Å²) in [5.41, 5.74) is 1.15. The maximum absolute atomic E-state index is 9.21. The maximum Gasteiger partial charge on any atom is 0.183 e. The highest BCUT2D eigenvalue weighted by Gasteiger charge is 2.26. The fourth-order valence-electron chi connectivity index (χ4n) is 2.14. The first-order valence-corrected chi connectivity index (χ1v) is 6.53. The van der Waals surface area contributed by atoms with Crippen LogP contribution in [0.2, 0.25) is 0 Å². The summed E-state index contributed by atoms with van der Waals surface area (Å²) in [6.45, 7) is 2.41. The van der Waals surface area contributed by atoms with Gasteiger partial charge in [-0.2, -0.15) is 0 Å². The largest absolute Gasteiger partial charge is 0.396 e. The van der Waals surface area contributed by atoms with Crippen molar-refractivity contribution in [2.75, 3.05) is 11.9 Å². The average molecular weight is 226 g/mol. The Morgan fingerprint density at radius 1 is 1.60 bits per heavy atom. The first kappa shape index (κ1) is 10.9. The number of aromatic nitrogens is 1. The molecule has 2 unspecified atom stereocenters. The molecule has 1 aromatic heterocycles. The number of aliphatic hydroxyl groups is 1. The van der Waals surface area contributed by atoms with Gasteiger partial charge in [0, 0.05) is 23.9 Å². The van der Waals surface area contributed by atoms with Crippen LogP contribution >= 0.6 is 11.3 Å². The van der Waals surface area contributed by atoms with Crippen molar-refractivity contribution in [2.45, 2.75) is 38.6 Å². The highest BCUT2D eigenvalue weighted by Crippen LogP contribution is 2.29. The number of rotatable bonds is 4. The first-order chi connectivity index (χ1) is 7.33. The molecule has 1 aliphatic carbocycles. The molecule has 1 heterocycles. The van der Waals surface area contributed by atoms with Gasteiger partial charge in [-0.25, -0.2) is 4.98 Å². The fraction of sp³-hybridized carbons (Fsp3) is 0.727. The molecule has 2 atom stereocenters. The zero-order chi connectivity index (χ0) is 10.7. The minimum Gasteiger partial charge on any atom is -0.396 e. The van der Waals surface area contributed by atoms with Crippen molar-refractivity contribution in [3.8, 4) is 0 Å². The molecule has 1 aromatic rings. The first-order valence-electron chi connectivity index (χ1n) is 5.65. The van der Waals surface area contributed by atoms with Crippen LogP contribution in [-0.4, -0.2) is 22.7 Å². The lowest BCUT2D eigenvalue weighted by molar-refractivity contribution is 0.222. The molecule has 0 amide bonds. The van der Waals surface area contributed by atoms with Crippen LogP contribution in [0.25, 0.3) is 0 Å². The summed E-state index contributed by atoms with van der Waals surface area (Å²) < 4.78 is 0. The Morgan fingerprint density at radius 2 is 2.47 bits per heavy atom. The zero-order valence-corrected chi connectivity index (χ0v) is 9.89. The van der Waals surface area contributed by atoms with E-state index in [1.807, 2.05) is 0 Å².